The number of hydrogen-bond donors (Lipinski definition) is 1. The van der Waals surface area contributed by atoms with Crippen LogP contribution in [0.2, 0.25) is 0 Å². The third kappa shape index (κ3) is 1.84. The van der Waals surface area contributed by atoms with Crippen LogP contribution in [0.4, 0.5) is 17.3 Å². The second-order valence-corrected chi connectivity index (χ2v) is 4.30. The highest BCUT2D eigenvalue weighted by atomic mass is 15.2. The minimum absolute atomic E-state index is 0.575. The van der Waals surface area contributed by atoms with Crippen molar-refractivity contribution in [3.8, 4) is 0 Å². The molecule has 2 heterocycles. The summed E-state index contributed by atoms with van der Waals surface area (Å²) in [7, 11) is 0. The van der Waals surface area contributed by atoms with E-state index in [9.17, 15) is 0 Å². The first kappa shape index (κ1) is 10.1. The average molecular weight is 225 g/mol. The van der Waals surface area contributed by atoms with Gasteiger partial charge in [-0.3, -0.25) is 0 Å². The van der Waals surface area contributed by atoms with E-state index in [-0.39, 0.29) is 0 Å². The molecule has 0 saturated heterocycles. The molecule has 1 aromatic carbocycles. The summed E-state index contributed by atoms with van der Waals surface area (Å²) in [6.07, 6.45) is 2.31. The predicted octanol–water partition coefficient (Wildman–Crippen LogP) is 2.75. The Hall–Kier alpha value is -2.03. The van der Waals surface area contributed by atoms with Crippen molar-refractivity contribution in [2.75, 3.05) is 17.2 Å². The standard InChI is InChI=1S/C14H15N3/c15-13-8-3-9-14(16-13)17-10-4-6-11-5-1-2-7-12(11)17/h1-3,5,7-9H,4,6,10H2,(H2,15,16). The minimum atomic E-state index is 0.575. The van der Waals surface area contributed by atoms with E-state index in [1.54, 1.807) is 0 Å². The molecule has 3 nitrogen and oxygen atoms in total. The molecular weight excluding hydrogens is 210 g/mol. The van der Waals surface area contributed by atoms with Gasteiger partial charge in [0.1, 0.15) is 11.6 Å². The number of rotatable bonds is 1. The molecule has 3 rings (SSSR count). The largest absolute Gasteiger partial charge is 0.384 e. The van der Waals surface area contributed by atoms with E-state index in [1.807, 2.05) is 18.2 Å². The first-order chi connectivity index (χ1) is 8.34. The molecule has 0 unspecified atom stereocenters. The maximum Gasteiger partial charge on any atom is 0.135 e. The van der Waals surface area contributed by atoms with Gasteiger partial charge in [0.05, 0.1) is 0 Å². The van der Waals surface area contributed by atoms with Crippen LogP contribution < -0.4 is 10.6 Å². The molecule has 0 fully saturated rings. The fourth-order valence-electron chi connectivity index (χ4n) is 2.36. The first-order valence-corrected chi connectivity index (χ1v) is 5.92. The number of nitrogens with two attached hydrogens (primary N) is 1. The van der Waals surface area contributed by atoms with Crippen LogP contribution in [0.1, 0.15) is 12.0 Å². The molecule has 0 atom stereocenters. The molecule has 0 amide bonds. The van der Waals surface area contributed by atoms with E-state index in [1.165, 1.54) is 11.3 Å². The Morgan fingerprint density at radius 2 is 1.94 bits per heavy atom. The summed E-state index contributed by atoms with van der Waals surface area (Å²) in [6.45, 7) is 1.01. The van der Waals surface area contributed by atoms with Crippen molar-refractivity contribution in [3.63, 3.8) is 0 Å². The van der Waals surface area contributed by atoms with E-state index >= 15 is 0 Å². The molecule has 0 aliphatic carbocycles. The molecule has 0 radical (unpaired) electrons. The van der Waals surface area contributed by atoms with Gasteiger partial charge in [-0.2, -0.15) is 0 Å². The van der Waals surface area contributed by atoms with Crippen molar-refractivity contribution >= 4 is 17.3 Å². The Morgan fingerprint density at radius 3 is 2.82 bits per heavy atom. The minimum Gasteiger partial charge on any atom is -0.384 e. The van der Waals surface area contributed by atoms with Gasteiger partial charge in [-0.15, -0.1) is 0 Å². The van der Waals surface area contributed by atoms with Gasteiger partial charge in [0.25, 0.3) is 0 Å². The molecule has 3 heteroatoms. The summed E-state index contributed by atoms with van der Waals surface area (Å²) in [5, 5.41) is 0. The van der Waals surface area contributed by atoms with E-state index < -0.39 is 0 Å². The number of aryl methyl sites for hydroxylation is 1. The second-order valence-electron chi connectivity index (χ2n) is 4.30. The van der Waals surface area contributed by atoms with Crippen LogP contribution in [0.15, 0.2) is 42.5 Å². The normalized spacial score (nSPS) is 14.5. The summed E-state index contributed by atoms with van der Waals surface area (Å²) in [5.74, 6) is 1.52. The van der Waals surface area contributed by atoms with Crippen molar-refractivity contribution in [2.45, 2.75) is 12.8 Å². The number of hydrogen-bond acceptors (Lipinski definition) is 3. The summed E-state index contributed by atoms with van der Waals surface area (Å²) >= 11 is 0. The first-order valence-electron chi connectivity index (χ1n) is 5.92. The van der Waals surface area contributed by atoms with Crippen molar-refractivity contribution in [2.24, 2.45) is 0 Å². The number of nitrogens with zero attached hydrogens (tertiary/aromatic N) is 2. The van der Waals surface area contributed by atoms with E-state index in [4.69, 9.17) is 5.73 Å². The highest BCUT2D eigenvalue weighted by Crippen LogP contribution is 2.32. The lowest BCUT2D eigenvalue weighted by molar-refractivity contribution is 0.760. The van der Waals surface area contributed by atoms with Gasteiger partial charge in [0.15, 0.2) is 0 Å². The highest BCUT2D eigenvalue weighted by Gasteiger charge is 2.18. The third-order valence-electron chi connectivity index (χ3n) is 3.14. The van der Waals surface area contributed by atoms with Gasteiger partial charge in [-0.05, 0) is 36.6 Å². The number of pyridine rings is 1. The van der Waals surface area contributed by atoms with E-state index in [2.05, 4.69) is 34.1 Å². The van der Waals surface area contributed by atoms with Crippen LogP contribution in [0.25, 0.3) is 0 Å². The van der Waals surface area contributed by atoms with Crippen molar-refractivity contribution in [3.05, 3.63) is 48.0 Å². The molecule has 2 aromatic rings. The molecule has 86 valence electrons. The molecule has 0 spiro atoms. The zero-order chi connectivity index (χ0) is 11.7. The zero-order valence-electron chi connectivity index (χ0n) is 9.63. The monoisotopic (exact) mass is 225 g/mol. The van der Waals surface area contributed by atoms with Gasteiger partial charge >= 0.3 is 0 Å². The second kappa shape index (κ2) is 4.09. The van der Waals surface area contributed by atoms with Crippen LogP contribution >= 0.6 is 0 Å². The Balaban J connectivity index is 2.06. The fourth-order valence-corrected chi connectivity index (χ4v) is 2.36. The van der Waals surface area contributed by atoms with Gasteiger partial charge in [0, 0.05) is 12.2 Å². The average Bonchev–Trinajstić information content (AvgIpc) is 2.38. The number of benzene rings is 1. The Kier molecular flexibility index (Phi) is 2.44. The molecular formula is C14H15N3. The van der Waals surface area contributed by atoms with Gasteiger partial charge in [-0.25, -0.2) is 4.98 Å². The molecule has 2 N–H and O–H groups in total. The number of fused-ring (bicyclic) bond motifs is 1. The SMILES string of the molecule is Nc1cccc(N2CCCc3ccccc32)n1. The lowest BCUT2D eigenvalue weighted by Gasteiger charge is -2.30. The summed E-state index contributed by atoms with van der Waals surface area (Å²) < 4.78 is 0. The van der Waals surface area contributed by atoms with Crippen molar-refractivity contribution in [1.29, 1.82) is 0 Å². The van der Waals surface area contributed by atoms with E-state index in [0.29, 0.717) is 5.82 Å². The summed E-state index contributed by atoms with van der Waals surface area (Å²) in [6, 6.07) is 14.3. The van der Waals surface area contributed by atoms with Crippen LogP contribution in [0.3, 0.4) is 0 Å². The van der Waals surface area contributed by atoms with Gasteiger partial charge in [0.2, 0.25) is 0 Å². The Morgan fingerprint density at radius 1 is 1.06 bits per heavy atom. The third-order valence-corrected chi connectivity index (χ3v) is 3.14. The maximum absolute atomic E-state index is 5.75. The zero-order valence-corrected chi connectivity index (χ0v) is 9.63. The number of anilines is 3. The van der Waals surface area contributed by atoms with Crippen LogP contribution in [-0.2, 0) is 6.42 Å². The number of aromatic nitrogens is 1. The molecule has 1 aliphatic heterocycles. The fraction of sp³-hybridized carbons (Fsp3) is 0.214. The molecule has 0 saturated carbocycles. The summed E-state index contributed by atoms with van der Waals surface area (Å²) in [4.78, 5) is 6.64. The van der Waals surface area contributed by atoms with Crippen LogP contribution in [-0.4, -0.2) is 11.5 Å². The quantitative estimate of drug-likeness (QED) is 0.811. The van der Waals surface area contributed by atoms with Crippen LogP contribution in [0, 0.1) is 0 Å². The number of para-hydroxylation sites is 1. The topological polar surface area (TPSA) is 42.1 Å². The molecule has 0 bridgehead atoms. The van der Waals surface area contributed by atoms with Crippen LogP contribution in [0.5, 0.6) is 0 Å². The Labute approximate surface area is 101 Å². The lowest BCUT2D eigenvalue weighted by Crippen LogP contribution is -2.25. The number of nitrogen functional groups attached to an aromatic ring is 1. The molecule has 1 aliphatic rings. The predicted molar refractivity (Wildman–Crippen MR) is 70.4 cm³/mol. The van der Waals surface area contributed by atoms with Crippen molar-refractivity contribution in [1.82, 2.24) is 4.98 Å². The Bertz CT molecular complexity index is 536. The highest BCUT2D eigenvalue weighted by molar-refractivity contribution is 5.66. The van der Waals surface area contributed by atoms with Crippen molar-refractivity contribution < 1.29 is 0 Å². The smallest absolute Gasteiger partial charge is 0.135 e. The lowest BCUT2D eigenvalue weighted by atomic mass is 10.0. The summed E-state index contributed by atoms with van der Waals surface area (Å²) in [5.41, 5.74) is 8.40. The maximum atomic E-state index is 5.75. The molecule has 17 heavy (non-hydrogen) atoms. The van der Waals surface area contributed by atoms with Gasteiger partial charge in [-0.1, -0.05) is 24.3 Å². The molecule has 1 aromatic heterocycles. The van der Waals surface area contributed by atoms with E-state index in [0.717, 1.165) is 25.2 Å². The van der Waals surface area contributed by atoms with Gasteiger partial charge < -0.3 is 10.6 Å².